The zero-order chi connectivity index (χ0) is 14.7. The van der Waals surface area contributed by atoms with E-state index in [1.165, 1.54) is 11.8 Å². The van der Waals surface area contributed by atoms with Crippen molar-refractivity contribution < 1.29 is 4.79 Å². The molecule has 2 aromatic rings. The maximum atomic E-state index is 11.8. The van der Waals surface area contributed by atoms with E-state index in [1.807, 2.05) is 20.1 Å². The minimum atomic E-state index is -0.107. The molecule has 5 nitrogen and oxygen atoms in total. The van der Waals surface area contributed by atoms with E-state index in [4.69, 9.17) is 11.6 Å². The van der Waals surface area contributed by atoms with Crippen LogP contribution in [0.5, 0.6) is 0 Å². The second kappa shape index (κ2) is 6.28. The Morgan fingerprint density at radius 1 is 1.50 bits per heavy atom. The molecule has 0 aliphatic heterocycles. The Balaban J connectivity index is 2.20. The van der Waals surface area contributed by atoms with Gasteiger partial charge in [0.05, 0.1) is 10.3 Å². The summed E-state index contributed by atoms with van der Waals surface area (Å²) < 4.78 is 0. The fourth-order valence-corrected chi connectivity index (χ4v) is 2.13. The van der Waals surface area contributed by atoms with Crippen LogP contribution in [0, 0.1) is 6.92 Å². The summed E-state index contributed by atoms with van der Waals surface area (Å²) in [6, 6.07) is 5.29. The largest absolute Gasteiger partial charge is 0.325 e. The molecule has 0 spiro atoms. The van der Waals surface area contributed by atoms with Crippen molar-refractivity contribution in [1.29, 1.82) is 0 Å². The minimum absolute atomic E-state index is 0.0462. The molecule has 0 aliphatic carbocycles. The van der Waals surface area contributed by atoms with Crippen molar-refractivity contribution in [3.05, 3.63) is 29.0 Å². The fraction of sp³-hybridized carbons (Fsp3) is 0.308. The molecule has 1 unspecified atom stereocenters. The van der Waals surface area contributed by atoms with Crippen LogP contribution in [0.1, 0.15) is 12.7 Å². The Hall–Kier alpha value is -1.53. The highest BCUT2D eigenvalue weighted by Crippen LogP contribution is 2.28. The lowest BCUT2D eigenvalue weighted by Gasteiger charge is -2.10. The maximum Gasteiger partial charge on any atom is 0.237 e. The Bertz CT molecular complexity index is 629. The predicted molar refractivity (Wildman–Crippen MR) is 83.2 cm³/mol. The van der Waals surface area contributed by atoms with E-state index in [0.29, 0.717) is 16.5 Å². The number of thioether (sulfide) groups is 1. The molecule has 106 valence electrons. The normalized spacial score (nSPS) is 12.2. The highest BCUT2D eigenvalue weighted by Gasteiger charge is 2.13. The molecule has 1 aromatic carbocycles. The molecule has 0 radical (unpaired) electrons. The molecule has 2 N–H and O–H groups in total. The predicted octanol–water partition coefficient (Wildman–Crippen LogP) is 3.12. The number of hydrogen-bond acceptors (Lipinski definition) is 4. The van der Waals surface area contributed by atoms with Crippen LogP contribution >= 0.6 is 23.4 Å². The number of halogens is 1. The molecule has 1 aromatic heterocycles. The van der Waals surface area contributed by atoms with Gasteiger partial charge in [0, 0.05) is 11.3 Å². The average molecular weight is 311 g/mol. The molecule has 0 aliphatic rings. The van der Waals surface area contributed by atoms with Crippen molar-refractivity contribution in [1.82, 2.24) is 15.2 Å². The average Bonchev–Trinajstić information content (AvgIpc) is 2.84. The molecule has 0 fully saturated rings. The molecule has 7 heteroatoms. The molecule has 1 amide bonds. The van der Waals surface area contributed by atoms with Gasteiger partial charge in [0.25, 0.3) is 0 Å². The van der Waals surface area contributed by atoms with Crippen LogP contribution in [0.15, 0.2) is 18.2 Å². The van der Waals surface area contributed by atoms with Crippen molar-refractivity contribution in [2.45, 2.75) is 19.1 Å². The summed E-state index contributed by atoms with van der Waals surface area (Å²) in [5, 5.41) is 10.1. The SMILES string of the molecule is CSC(C)C(=O)Nc1ccc(-c2n[nH]c(C)n2)c(Cl)c1. The third-order valence-electron chi connectivity index (χ3n) is 2.80. The Morgan fingerprint density at radius 3 is 2.80 bits per heavy atom. The van der Waals surface area contributed by atoms with Crippen LogP contribution in [-0.4, -0.2) is 32.6 Å². The summed E-state index contributed by atoms with van der Waals surface area (Å²) in [7, 11) is 0. The van der Waals surface area contributed by atoms with Crippen molar-refractivity contribution in [2.24, 2.45) is 0 Å². The number of nitrogens with one attached hydrogen (secondary N) is 2. The monoisotopic (exact) mass is 310 g/mol. The lowest BCUT2D eigenvalue weighted by atomic mass is 10.2. The van der Waals surface area contributed by atoms with Gasteiger partial charge in [-0.15, -0.1) is 0 Å². The quantitative estimate of drug-likeness (QED) is 0.910. The number of aromatic amines is 1. The molecule has 2 rings (SSSR count). The number of amides is 1. The molecular formula is C13H15ClN4OS. The van der Waals surface area contributed by atoms with Gasteiger partial charge >= 0.3 is 0 Å². The van der Waals surface area contributed by atoms with Crippen LogP contribution in [0.2, 0.25) is 5.02 Å². The Labute approximate surface area is 126 Å². The highest BCUT2D eigenvalue weighted by atomic mass is 35.5. The summed E-state index contributed by atoms with van der Waals surface area (Å²) in [6.45, 7) is 3.68. The van der Waals surface area contributed by atoms with Crippen LogP contribution < -0.4 is 5.32 Å². The van der Waals surface area contributed by atoms with E-state index in [1.54, 1.807) is 18.2 Å². The maximum absolute atomic E-state index is 11.8. The first kappa shape index (κ1) is 14.9. The standard InChI is InChI=1S/C13H15ClN4OS/c1-7(20-3)13(19)16-9-4-5-10(11(14)6-9)12-15-8(2)17-18-12/h4-7H,1-3H3,(H,16,19)(H,15,17,18). The van der Waals surface area contributed by atoms with Crippen LogP contribution in [-0.2, 0) is 4.79 Å². The van der Waals surface area contributed by atoms with Gasteiger partial charge in [0.15, 0.2) is 5.82 Å². The van der Waals surface area contributed by atoms with E-state index in [0.717, 1.165) is 11.4 Å². The van der Waals surface area contributed by atoms with Crippen LogP contribution in [0.4, 0.5) is 5.69 Å². The van der Waals surface area contributed by atoms with Crippen molar-refractivity contribution in [3.63, 3.8) is 0 Å². The summed E-state index contributed by atoms with van der Waals surface area (Å²) >= 11 is 7.71. The van der Waals surface area contributed by atoms with Crippen molar-refractivity contribution in [2.75, 3.05) is 11.6 Å². The molecule has 1 heterocycles. The van der Waals surface area contributed by atoms with Gasteiger partial charge in [-0.05, 0) is 38.3 Å². The van der Waals surface area contributed by atoms with E-state index in [9.17, 15) is 4.79 Å². The second-order valence-corrected chi connectivity index (χ2v) is 5.89. The van der Waals surface area contributed by atoms with Gasteiger partial charge in [0.1, 0.15) is 5.82 Å². The molecule has 0 saturated carbocycles. The van der Waals surface area contributed by atoms with Gasteiger partial charge < -0.3 is 5.32 Å². The molecule has 0 saturated heterocycles. The zero-order valence-corrected chi connectivity index (χ0v) is 13.0. The number of hydrogen-bond donors (Lipinski definition) is 2. The van der Waals surface area contributed by atoms with E-state index in [2.05, 4.69) is 20.5 Å². The van der Waals surface area contributed by atoms with E-state index < -0.39 is 0 Å². The number of carbonyl (C=O) groups is 1. The molecule has 0 bridgehead atoms. The third-order valence-corrected chi connectivity index (χ3v) is 4.03. The van der Waals surface area contributed by atoms with Gasteiger partial charge in [-0.2, -0.15) is 16.9 Å². The number of carbonyl (C=O) groups excluding carboxylic acids is 1. The Kier molecular flexibility index (Phi) is 4.67. The van der Waals surface area contributed by atoms with Gasteiger partial charge in [-0.3, -0.25) is 9.89 Å². The highest BCUT2D eigenvalue weighted by molar-refractivity contribution is 7.99. The molecule has 1 atom stereocenters. The lowest BCUT2D eigenvalue weighted by molar-refractivity contribution is -0.115. The number of H-pyrrole nitrogens is 1. The first-order valence-corrected chi connectivity index (χ1v) is 7.70. The van der Waals surface area contributed by atoms with Crippen molar-refractivity contribution in [3.8, 4) is 11.4 Å². The second-order valence-electron chi connectivity index (χ2n) is 4.31. The number of benzene rings is 1. The summed E-state index contributed by atoms with van der Waals surface area (Å²) in [4.78, 5) is 16.0. The molecule has 20 heavy (non-hydrogen) atoms. The van der Waals surface area contributed by atoms with Gasteiger partial charge in [-0.1, -0.05) is 11.6 Å². The van der Waals surface area contributed by atoms with Crippen LogP contribution in [0.25, 0.3) is 11.4 Å². The lowest BCUT2D eigenvalue weighted by Crippen LogP contribution is -2.21. The van der Waals surface area contributed by atoms with E-state index >= 15 is 0 Å². The van der Waals surface area contributed by atoms with Crippen LogP contribution in [0.3, 0.4) is 0 Å². The number of aryl methyl sites for hydroxylation is 1. The fourth-order valence-electron chi connectivity index (χ4n) is 1.59. The number of anilines is 1. The first-order chi connectivity index (χ1) is 9.51. The zero-order valence-electron chi connectivity index (χ0n) is 11.4. The van der Waals surface area contributed by atoms with Gasteiger partial charge in [0.2, 0.25) is 5.91 Å². The van der Waals surface area contributed by atoms with Gasteiger partial charge in [-0.25, -0.2) is 4.98 Å². The summed E-state index contributed by atoms with van der Waals surface area (Å²) in [5.74, 6) is 1.22. The smallest absolute Gasteiger partial charge is 0.237 e. The number of nitrogens with zero attached hydrogens (tertiary/aromatic N) is 2. The first-order valence-electron chi connectivity index (χ1n) is 6.04. The minimum Gasteiger partial charge on any atom is -0.325 e. The third kappa shape index (κ3) is 3.32. The molecular weight excluding hydrogens is 296 g/mol. The van der Waals surface area contributed by atoms with Crippen molar-refractivity contribution >= 4 is 35.0 Å². The number of aromatic nitrogens is 3. The summed E-state index contributed by atoms with van der Waals surface area (Å²) in [5.41, 5.74) is 1.39. The topological polar surface area (TPSA) is 70.7 Å². The number of rotatable bonds is 4. The Morgan fingerprint density at radius 2 is 2.25 bits per heavy atom. The summed E-state index contributed by atoms with van der Waals surface area (Å²) in [6.07, 6.45) is 1.89. The van der Waals surface area contributed by atoms with E-state index in [-0.39, 0.29) is 11.2 Å².